The number of hydrazine groups is 1. The Morgan fingerprint density at radius 2 is 2.29 bits per heavy atom. The summed E-state index contributed by atoms with van der Waals surface area (Å²) in [6.45, 7) is 0.536. The Balaban J connectivity index is 2.59. The highest BCUT2D eigenvalue weighted by Gasteiger charge is 1.99. The molecule has 0 aliphatic rings. The largest absolute Gasteiger partial charge is 0.497 e. The zero-order chi connectivity index (χ0) is 10.4. The molecule has 5 N–H and O–H groups in total. The summed E-state index contributed by atoms with van der Waals surface area (Å²) in [6.07, 6.45) is 0. The van der Waals surface area contributed by atoms with E-state index >= 15 is 0 Å². The zero-order valence-corrected chi connectivity index (χ0v) is 8.08. The minimum Gasteiger partial charge on any atom is -0.497 e. The average molecular weight is 197 g/mol. The summed E-state index contributed by atoms with van der Waals surface area (Å²) >= 11 is 0. The standard InChI is InChI=1S/C9H15N3O2/c1-14-7-2-3-9(8(10)6-7)12-11-4-5-13/h2-3,6,11-13H,4-5,10H2,1H3. The Kier molecular flexibility index (Phi) is 4.03. The van der Waals surface area contributed by atoms with Crippen molar-refractivity contribution in [2.24, 2.45) is 0 Å². The van der Waals surface area contributed by atoms with Crippen LogP contribution in [-0.4, -0.2) is 25.4 Å². The molecular weight excluding hydrogens is 182 g/mol. The van der Waals surface area contributed by atoms with Gasteiger partial charge in [0.05, 0.1) is 25.1 Å². The lowest BCUT2D eigenvalue weighted by atomic mass is 10.2. The van der Waals surface area contributed by atoms with Gasteiger partial charge in [-0.15, -0.1) is 0 Å². The minimum atomic E-state index is 0.0725. The number of hydrogen-bond donors (Lipinski definition) is 4. The molecule has 0 saturated heterocycles. The molecule has 14 heavy (non-hydrogen) atoms. The van der Waals surface area contributed by atoms with E-state index in [1.165, 1.54) is 0 Å². The smallest absolute Gasteiger partial charge is 0.121 e. The number of nitrogen functional groups attached to an aromatic ring is 1. The normalized spacial score (nSPS) is 9.86. The average Bonchev–Trinajstić information content (AvgIpc) is 2.20. The van der Waals surface area contributed by atoms with Crippen molar-refractivity contribution < 1.29 is 9.84 Å². The van der Waals surface area contributed by atoms with Crippen molar-refractivity contribution in [1.29, 1.82) is 0 Å². The van der Waals surface area contributed by atoms with Gasteiger partial charge in [-0.1, -0.05) is 0 Å². The fourth-order valence-electron chi connectivity index (χ4n) is 0.995. The molecule has 0 atom stereocenters. The quantitative estimate of drug-likeness (QED) is 0.308. The number of aliphatic hydroxyl groups is 1. The third-order valence-corrected chi connectivity index (χ3v) is 1.72. The highest BCUT2D eigenvalue weighted by Crippen LogP contribution is 2.23. The van der Waals surface area contributed by atoms with Crippen LogP contribution in [0.5, 0.6) is 5.75 Å². The molecule has 0 aromatic heterocycles. The molecule has 5 nitrogen and oxygen atoms in total. The summed E-state index contributed by atoms with van der Waals surface area (Å²) in [5.74, 6) is 0.718. The molecule has 0 spiro atoms. The van der Waals surface area contributed by atoms with Gasteiger partial charge >= 0.3 is 0 Å². The van der Waals surface area contributed by atoms with E-state index < -0.39 is 0 Å². The van der Waals surface area contributed by atoms with Crippen LogP contribution in [0.15, 0.2) is 18.2 Å². The first kappa shape index (κ1) is 10.6. The van der Waals surface area contributed by atoms with Gasteiger partial charge in [0.25, 0.3) is 0 Å². The number of hydrogen-bond acceptors (Lipinski definition) is 5. The molecule has 0 aliphatic heterocycles. The molecule has 1 rings (SSSR count). The lowest BCUT2D eigenvalue weighted by Gasteiger charge is -2.10. The third-order valence-electron chi connectivity index (χ3n) is 1.72. The molecule has 0 bridgehead atoms. The highest BCUT2D eigenvalue weighted by atomic mass is 16.5. The summed E-state index contributed by atoms with van der Waals surface area (Å²) in [5.41, 5.74) is 12.8. The number of aliphatic hydroxyl groups excluding tert-OH is 1. The summed E-state index contributed by atoms with van der Waals surface area (Å²) in [4.78, 5) is 0. The fraction of sp³-hybridized carbons (Fsp3) is 0.333. The Morgan fingerprint density at radius 3 is 2.86 bits per heavy atom. The Hall–Kier alpha value is -1.46. The van der Waals surface area contributed by atoms with Crippen molar-refractivity contribution in [3.63, 3.8) is 0 Å². The number of ether oxygens (including phenoxy) is 1. The molecule has 0 unspecified atom stereocenters. The second kappa shape index (κ2) is 5.31. The lowest BCUT2D eigenvalue weighted by Crippen LogP contribution is -2.25. The summed E-state index contributed by atoms with van der Waals surface area (Å²) < 4.78 is 5.01. The van der Waals surface area contributed by atoms with Crippen molar-refractivity contribution in [3.05, 3.63) is 18.2 Å². The molecule has 5 heteroatoms. The number of rotatable bonds is 5. The van der Waals surface area contributed by atoms with E-state index in [0.717, 1.165) is 11.4 Å². The Morgan fingerprint density at radius 1 is 1.50 bits per heavy atom. The van der Waals surface area contributed by atoms with E-state index in [-0.39, 0.29) is 6.61 Å². The first-order chi connectivity index (χ1) is 6.77. The first-order valence-electron chi connectivity index (χ1n) is 4.31. The molecule has 0 heterocycles. The van der Waals surface area contributed by atoms with Crippen LogP contribution in [0.2, 0.25) is 0 Å². The number of nitrogens with one attached hydrogen (secondary N) is 2. The maximum absolute atomic E-state index is 8.54. The Bertz CT molecular complexity index is 291. The maximum Gasteiger partial charge on any atom is 0.121 e. The first-order valence-corrected chi connectivity index (χ1v) is 4.31. The minimum absolute atomic E-state index is 0.0725. The van der Waals surface area contributed by atoms with E-state index in [9.17, 15) is 0 Å². The van der Waals surface area contributed by atoms with Crippen LogP contribution in [0.25, 0.3) is 0 Å². The van der Waals surface area contributed by atoms with Gasteiger partial charge in [-0.25, -0.2) is 5.43 Å². The predicted molar refractivity (Wildman–Crippen MR) is 56.1 cm³/mol. The fourth-order valence-corrected chi connectivity index (χ4v) is 0.995. The third kappa shape index (κ3) is 2.79. The SMILES string of the molecule is COc1ccc(NNCCO)c(N)c1. The van der Waals surface area contributed by atoms with Gasteiger partial charge in [0.2, 0.25) is 0 Å². The molecule has 0 aliphatic carbocycles. The summed E-state index contributed by atoms with van der Waals surface area (Å²) in [6, 6.07) is 5.33. The van der Waals surface area contributed by atoms with Gasteiger partial charge in [0, 0.05) is 12.6 Å². The molecule has 1 aromatic carbocycles. The van der Waals surface area contributed by atoms with Crippen LogP contribution >= 0.6 is 0 Å². The van der Waals surface area contributed by atoms with Crippen LogP contribution in [0.4, 0.5) is 11.4 Å². The summed E-state index contributed by atoms with van der Waals surface area (Å²) in [7, 11) is 1.59. The molecule has 0 radical (unpaired) electrons. The number of nitrogens with two attached hydrogens (primary N) is 1. The van der Waals surface area contributed by atoms with Crippen molar-refractivity contribution in [1.82, 2.24) is 5.43 Å². The van der Waals surface area contributed by atoms with Gasteiger partial charge in [0.15, 0.2) is 0 Å². The number of benzene rings is 1. The number of methoxy groups -OCH3 is 1. The zero-order valence-electron chi connectivity index (χ0n) is 8.08. The molecule has 1 aromatic rings. The van der Waals surface area contributed by atoms with Crippen molar-refractivity contribution >= 4 is 11.4 Å². The number of anilines is 2. The van der Waals surface area contributed by atoms with Crippen molar-refractivity contribution in [2.75, 3.05) is 31.4 Å². The molecular formula is C9H15N3O2. The van der Waals surface area contributed by atoms with E-state index in [0.29, 0.717) is 12.2 Å². The van der Waals surface area contributed by atoms with E-state index in [1.54, 1.807) is 25.3 Å². The highest BCUT2D eigenvalue weighted by molar-refractivity contribution is 5.67. The predicted octanol–water partition coefficient (Wildman–Crippen LogP) is 0.186. The second-order valence-electron chi connectivity index (χ2n) is 2.73. The van der Waals surface area contributed by atoms with E-state index in [2.05, 4.69) is 10.9 Å². The van der Waals surface area contributed by atoms with E-state index in [1.807, 2.05) is 0 Å². The van der Waals surface area contributed by atoms with Crippen LogP contribution < -0.4 is 21.3 Å². The van der Waals surface area contributed by atoms with Crippen molar-refractivity contribution in [2.45, 2.75) is 0 Å². The van der Waals surface area contributed by atoms with Gasteiger partial charge in [0.1, 0.15) is 5.75 Å². The summed E-state index contributed by atoms with van der Waals surface area (Å²) in [5, 5.41) is 8.54. The molecule has 0 saturated carbocycles. The van der Waals surface area contributed by atoms with Crippen LogP contribution in [0.1, 0.15) is 0 Å². The lowest BCUT2D eigenvalue weighted by molar-refractivity contribution is 0.296. The maximum atomic E-state index is 8.54. The topological polar surface area (TPSA) is 79.5 Å². The van der Waals surface area contributed by atoms with Crippen LogP contribution in [0.3, 0.4) is 0 Å². The van der Waals surface area contributed by atoms with Gasteiger partial charge in [-0.05, 0) is 12.1 Å². The van der Waals surface area contributed by atoms with Gasteiger partial charge in [-0.3, -0.25) is 0 Å². The monoisotopic (exact) mass is 197 g/mol. The van der Waals surface area contributed by atoms with Gasteiger partial charge in [-0.2, -0.15) is 0 Å². The van der Waals surface area contributed by atoms with Crippen LogP contribution in [-0.2, 0) is 0 Å². The van der Waals surface area contributed by atoms with Crippen molar-refractivity contribution in [3.8, 4) is 5.75 Å². The van der Waals surface area contributed by atoms with E-state index in [4.69, 9.17) is 15.6 Å². The van der Waals surface area contributed by atoms with Crippen LogP contribution in [0, 0.1) is 0 Å². The molecule has 78 valence electrons. The molecule has 0 amide bonds. The Labute approximate surface area is 82.8 Å². The second-order valence-corrected chi connectivity index (χ2v) is 2.73. The molecule has 0 fully saturated rings. The van der Waals surface area contributed by atoms with Gasteiger partial charge < -0.3 is 21.0 Å².